The molecule has 0 radical (unpaired) electrons. The molecule has 0 aromatic heterocycles. The monoisotopic (exact) mass is 449 g/mol. The van der Waals surface area contributed by atoms with Crippen LogP contribution >= 0.6 is 0 Å². The van der Waals surface area contributed by atoms with Crippen LogP contribution in [0.15, 0.2) is 0 Å². The molecule has 1 heterocycles. The van der Waals surface area contributed by atoms with Gasteiger partial charge < -0.3 is 24.4 Å². The highest BCUT2D eigenvalue weighted by Crippen LogP contribution is 2.79. The number of methoxy groups -OCH3 is 2. The Balaban J connectivity index is 1.55. The molecule has 2 N–H and O–H groups in total. The highest BCUT2D eigenvalue weighted by molar-refractivity contribution is 5.66. The summed E-state index contributed by atoms with van der Waals surface area (Å²) in [5.74, 6) is 0.333. The summed E-state index contributed by atoms with van der Waals surface area (Å²) in [5.41, 5.74) is -1.16. The first-order valence-corrected chi connectivity index (χ1v) is 12.6. The third kappa shape index (κ3) is 2.28. The first-order valence-electron chi connectivity index (χ1n) is 12.6. The van der Waals surface area contributed by atoms with Gasteiger partial charge >= 0.3 is 5.97 Å². The zero-order valence-electron chi connectivity index (χ0n) is 19.8. The van der Waals surface area contributed by atoms with E-state index >= 15 is 0 Å². The van der Waals surface area contributed by atoms with Gasteiger partial charge in [0.1, 0.15) is 0 Å². The first-order chi connectivity index (χ1) is 15.3. The van der Waals surface area contributed by atoms with Gasteiger partial charge in [-0.2, -0.15) is 0 Å². The molecule has 6 rings (SSSR count). The third-order valence-corrected chi connectivity index (χ3v) is 11.3. The van der Waals surface area contributed by atoms with Gasteiger partial charge in [0, 0.05) is 68.7 Å². The summed E-state index contributed by atoms with van der Waals surface area (Å²) in [7, 11) is 3.56. The highest BCUT2D eigenvalue weighted by Gasteiger charge is 2.83. The molecule has 5 aliphatic carbocycles. The number of hydrogen-bond donors (Lipinski definition) is 2. The molecular weight excluding hydrogens is 410 g/mol. The van der Waals surface area contributed by atoms with Crippen LogP contribution in [-0.4, -0.2) is 85.0 Å². The zero-order chi connectivity index (χ0) is 22.6. The number of likely N-dealkylation sites (tertiary alicyclic amines) is 1. The van der Waals surface area contributed by atoms with E-state index in [1.807, 2.05) is 7.11 Å². The van der Waals surface area contributed by atoms with Crippen molar-refractivity contribution in [2.45, 2.75) is 75.9 Å². The number of hydrogen-bond acceptors (Lipinski definition) is 7. The Morgan fingerprint density at radius 3 is 2.62 bits per heavy atom. The van der Waals surface area contributed by atoms with Crippen LogP contribution in [0.2, 0.25) is 0 Å². The molecule has 0 aromatic rings. The molecule has 0 amide bonds. The highest BCUT2D eigenvalue weighted by atomic mass is 16.5. The van der Waals surface area contributed by atoms with Gasteiger partial charge in [0.25, 0.3) is 0 Å². The van der Waals surface area contributed by atoms with Crippen LogP contribution in [0.3, 0.4) is 0 Å². The smallest absolute Gasteiger partial charge is 0.302 e. The maximum atomic E-state index is 12.4. The molecule has 6 fully saturated rings. The van der Waals surface area contributed by atoms with Gasteiger partial charge in [0.2, 0.25) is 0 Å². The van der Waals surface area contributed by atoms with Crippen molar-refractivity contribution >= 4 is 5.97 Å². The van der Waals surface area contributed by atoms with E-state index in [0.717, 1.165) is 38.8 Å². The number of piperidine rings is 1. The van der Waals surface area contributed by atoms with Crippen LogP contribution in [0.25, 0.3) is 0 Å². The predicted molar refractivity (Wildman–Crippen MR) is 116 cm³/mol. The Morgan fingerprint density at radius 2 is 1.97 bits per heavy atom. The van der Waals surface area contributed by atoms with Crippen LogP contribution in [0.4, 0.5) is 0 Å². The van der Waals surface area contributed by atoms with Gasteiger partial charge in [-0.25, -0.2) is 0 Å². The summed E-state index contributed by atoms with van der Waals surface area (Å²) in [4.78, 5) is 14.4. The minimum Gasteiger partial charge on any atom is -0.465 e. The van der Waals surface area contributed by atoms with Gasteiger partial charge in [-0.05, 0) is 44.1 Å². The van der Waals surface area contributed by atoms with E-state index in [1.54, 1.807) is 7.11 Å². The SMILES string of the molecule is CCN1C[C@]2(COC(C)=O)CC[C@H](OC)[C@@]34[C@@H]5C[C@H]6[C@H](O)[C@@H]5[C@](O)(C[C@@H]6OC)[C@@H](C[C@H]23)[C@@H]14. The lowest BCUT2D eigenvalue weighted by Gasteiger charge is -2.69. The van der Waals surface area contributed by atoms with Gasteiger partial charge in [-0.1, -0.05) is 6.92 Å². The van der Waals surface area contributed by atoms with E-state index in [4.69, 9.17) is 14.2 Å². The second kappa shape index (κ2) is 6.91. The van der Waals surface area contributed by atoms with E-state index in [0.29, 0.717) is 18.9 Å². The molecule has 0 aromatic carbocycles. The van der Waals surface area contributed by atoms with Crippen LogP contribution in [0.5, 0.6) is 0 Å². The summed E-state index contributed by atoms with van der Waals surface area (Å²) in [6.45, 7) is 5.97. The lowest BCUT2D eigenvalue weighted by atomic mass is 9.43. The molecule has 6 aliphatic rings. The maximum absolute atomic E-state index is 12.4. The molecular formula is C25H39NO6. The fourth-order valence-electron chi connectivity index (χ4n) is 10.6. The number of carbonyl (C=O) groups excluding carboxylic acids is 1. The van der Waals surface area contributed by atoms with Crippen LogP contribution in [-0.2, 0) is 19.0 Å². The number of nitrogens with zero attached hydrogens (tertiary/aromatic N) is 1. The van der Waals surface area contributed by atoms with E-state index in [9.17, 15) is 15.0 Å². The van der Waals surface area contributed by atoms with Crippen molar-refractivity contribution < 1.29 is 29.2 Å². The van der Waals surface area contributed by atoms with Crippen molar-refractivity contribution in [3.8, 4) is 0 Å². The quantitative estimate of drug-likeness (QED) is 0.614. The second-order valence-electron chi connectivity index (χ2n) is 11.8. The largest absolute Gasteiger partial charge is 0.465 e. The molecule has 5 saturated carbocycles. The Morgan fingerprint density at radius 1 is 1.19 bits per heavy atom. The maximum Gasteiger partial charge on any atom is 0.302 e. The predicted octanol–water partition coefficient (Wildman–Crippen LogP) is 1.45. The molecule has 0 unspecified atom stereocenters. The lowest BCUT2D eigenvalue weighted by Crippen LogP contribution is -2.76. The molecule has 1 aliphatic heterocycles. The molecule has 32 heavy (non-hydrogen) atoms. The Hall–Kier alpha value is -0.730. The Labute approximate surface area is 190 Å². The number of rotatable bonds is 5. The summed E-state index contributed by atoms with van der Waals surface area (Å²) in [6, 6.07) is 0.237. The average Bonchev–Trinajstić information content (AvgIpc) is 3.19. The standard InChI is InChI=1S/C25H39NO6/c1-5-26-11-23(12-32-13(2)27)7-6-19(31-4)25-15-8-14-17(30-3)10-24(29,20(15)21(14)28)16(22(25)26)9-18(23)25/h14-22,28-29H,5-12H2,1-4H3/t14-,15-,16+,17+,18-,19+,20-,21+,22-,23+,24+,25-/m1/s1. The van der Waals surface area contributed by atoms with Crippen molar-refractivity contribution in [3.63, 3.8) is 0 Å². The fraction of sp³-hybridized carbons (Fsp3) is 0.960. The van der Waals surface area contributed by atoms with Gasteiger partial charge in [-0.3, -0.25) is 9.69 Å². The minimum absolute atomic E-state index is 0.0714. The lowest BCUT2D eigenvalue weighted by molar-refractivity contribution is -0.276. The van der Waals surface area contributed by atoms with Gasteiger partial charge in [0.05, 0.1) is 30.5 Å². The summed E-state index contributed by atoms with van der Waals surface area (Å²) in [6.07, 6.45) is 3.81. The number of ether oxygens (including phenoxy) is 3. The van der Waals surface area contributed by atoms with Crippen molar-refractivity contribution in [1.82, 2.24) is 4.90 Å². The molecule has 7 bridgehead atoms. The normalized spacial score (nSPS) is 57.5. The molecule has 1 spiro atoms. The van der Waals surface area contributed by atoms with E-state index in [1.165, 1.54) is 6.92 Å². The molecule has 7 nitrogen and oxygen atoms in total. The molecule has 12 atom stereocenters. The first kappa shape index (κ1) is 21.8. The number of fused-ring (bicyclic) bond motifs is 2. The van der Waals surface area contributed by atoms with Gasteiger partial charge in [0.15, 0.2) is 0 Å². The minimum atomic E-state index is -0.922. The van der Waals surface area contributed by atoms with Crippen molar-refractivity contribution in [3.05, 3.63) is 0 Å². The van der Waals surface area contributed by atoms with Crippen LogP contribution in [0.1, 0.15) is 46.0 Å². The number of esters is 1. The van der Waals surface area contributed by atoms with Gasteiger partial charge in [-0.15, -0.1) is 0 Å². The average molecular weight is 450 g/mol. The fourth-order valence-corrected chi connectivity index (χ4v) is 10.6. The third-order valence-electron chi connectivity index (χ3n) is 11.3. The number of aliphatic hydroxyl groups is 2. The zero-order valence-corrected chi connectivity index (χ0v) is 19.8. The molecule has 7 heteroatoms. The van der Waals surface area contributed by atoms with E-state index in [-0.39, 0.29) is 58.7 Å². The Kier molecular flexibility index (Phi) is 4.70. The topological polar surface area (TPSA) is 88.5 Å². The van der Waals surface area contributed by atoms with Crippen molar-refractivity contribution in [2.24, 2.45) is 40.4 Å². The number of carbonyl (C=O) groups is 1. The Bertz CT molecular complexity index is 807. The van der Waals surface area contributed by atoms with Crippen molar-refractivity contribution in [1.29, 1.82) is 0 Å². The van der Waals surface area contributed by atoms with Crippen molar-refractivity contribution in [2.75, 3.05) is 33.9 Å². The molecule has 1 saturated heterocycles. The van der Waals surface area contributed by atoms with Crippen LogP contribution in [0, 0.1) is 40.4 Å². The molecule has 180 valence electrons. The summed E-state index contributed by atoms with van der Waals surface area (Å²) in [5, 5.41) is 23.9. The number of aliphatic hydroxyl groups excluding tert-OH is 1. The summed E-state index contributed by atoms with van der Waals surface area (Å²) >= 11 is 0. The van der Waals surface area contributed by atoms with E-state index in [2.05, 4.69) is 11.8 Å². The van der Waals surface area contributed by atoms with Crippen LogP contribution < -0.4 is 0 Å². The second-order valence-corrected chi connectivity index (χ2v) is 11.8. The summed E-state index contributed by atoms with van der Waals surface area (Å²) < 4.78 is 17.9. The van der Waals surface area contributed by atoms with E-state index < -0.39 is 11.7 Å².